The van der Waals surface area contributed by atoms with Gasteiger partial charge in [-0.2, -0.15) is 0 Å². The first-order valence-electron chi connectivity index (χ1n) is 8.73. The first-order valence-corrected chi connectivity index (χ1v) is 9.54. The van der Waals surface area contributed by atoms with Crippen molar-refractivity contribution in [2.75, 3.05) is 6.61 Å². The zero-order valence-electron chi connectivity index (χ0n) is 15.5. The van der Waals surface area contributed by atoms with E-state index in [2.05, 4.69) is 15.3 Å². The van der Waals surface area contributed by atoms with Crippen LogP contribution in [0.1, 0.15) is 29.2 Å². The van der Waals surface area contributed by atoms with E-state index in [1.165, 1.54) is 11.3 Å². The van der Waals surface area contributed by atoms with E-state index in [4.69, 9.17) is 4.74 Å². The second-order valence-electron chi connectivity index (χ2n) is 6.80. The quantitative estimate of drug-likeness (QED) is 0.631. The highest BCUT2D eigenvalue weighted by Gasteiger charge is 2.25. The van der Waals surface area contributed by atoms with Gasteiger partial charge in [0.2, 0.25) is 0 Å². The maximum Gasteiger partial charge on any atom is 0.330 e. The lowest BCUT2D eigenvalue weighted by molar-refractivity contribution is -0.147. The summed E-state index contributed by atoms with van der Waals surface area (Å²) in [6.45, 7) is 6.45. The molecule has 3 aromatic rings. The Morgan fingerprint density at radius 2 is 2.15 bits per heavy atom. The maximum atomic E-state index is 12.7. The summed E-state index contributed by atoms with van der Waals surface area (Å²) in [5.74, 6) is -0.644. The summed E-state index contributed by atoms with van der Waals surface area (Å²) in [6, 6.07) is 5.01. The van der Waals surface area contributed by atoms with Crippen LogP contribution in [0.3, 0.4) is 0 Å². The minimum atomic E-state index is -0.820. The number of hydrogen-bond donors (Lipinski definition) is 1. The third kappa shape index (κ3) is 4.91. The number of thiazole rings is 1. The molecule has 1 atom stereocenters. The predicted molar refractivity (Wildman–Crippen MR) is 104 cm³/mol. The van der Waals surface area contributed by atoms with Crippen LogP contribution >= 0.6 is 11.3 Å². The number of carbonyl (C=O) groups excluding carboxylic acids is 2. The van der Waals surface area contributed by atoms with Gasteiger partial charge in [-0.25, -0.2) is 14.8 Å². The van der Waals surface area contributed by atoms with Crippen LogP contribution < -0.4 is 5.32 Å². The van der Waals surface area contributed by atoms with Crippen molar-refractivity contribution in [2.24, 2.45) is 5.92 Å². The Morgan fingerprint density at radius 1 is 1.33 bits per heavy atom. The molecule has 0 unspecified atom stereocenters. The van der Waals surface area contributed by atoms with Gasteiger partial charge >= 0.3 is 5.97 Å². The van der Waals surface area contributed by atoms with Crippen molar-refractivity contribution in [2.45, 2.75) is 33.4 Å². The standard InChI is InChI=1S/C19H22N4O3S/c1-12(2)10-26-19(25)15(9-23-7-6-20-11-23)21-17(24)18-22-14-5-4-13(3)8-16(14)27-18/h4-8,11-12,15H,9-10H2,1-3H3,(H,21,24)/t15-/m0/s1. The van der Waals surface area contributed by atoms with E-state index in [-0.39, 0.29) is 18.4 Å². The number of esters is 1. The van der Waals surface area contributed by atoms with Crippen LogP contribution in [0.4, 0.5) is 0 Å². The normalized spacial score (nSPS) is 12.3. The number of amides is 1. The number of aryl methyl sites for hydroxylation is 1. The van der Waals surface area contributed by atoms with Crippen molar-refractivity contribution < 1.29 is 14.3 Å². The minimum Gasteiger partial charge on any atom is -0.464 e. The molecule has 27 heavy (non-hydrogen) atoms. The summed E-state index contributed by atoms with van der Waals surface area (Å²) < 4.78 is 7.99. The second kappa shape index (κ2) is 8.30. The third-order valence-corrected chi connectivity index (χ3v) is 4.86. The number of benzene rings is 1. The number of nitrogens with zero attached hydrogens (tertiary/aromatic N) is 3. The molecule has 1 amide bonds. The van der Waals surface area contributed by atoms with Crippen LogP contribution in [0.5, 0.6) is 0 Å². The Hall–Kier alpha value is -2.74. The van der Waals surface area contributed by atoms with Gasteiger partial charge < -0.3 is 14.6 Å². The lowest BCUT2D eigenvalue weighted by Gasteiger charge is -2.18. The Balaban J connectivity index is 1.76. The van der Waals surface area contributed by atoms with Crippen LogP contribution in [0.15, 0.2) is 36.9 Å². The summed E-state index contributed by atoms with van der Waals surface area (Å²) in [5.41, 5.74) is 1.87. The topological polar surface area (TPSA) is 86.1 Å². The number of rotatable bonds is 7. The van der Waals surface area contributed by atoms with Crippen LogP contribution in [0.25, 0.3) is 10.2 Å². The highest BCUT2D eigenvalue weighted by molar-refractivity contribution is 7.20. The van der Waals surface area contributed by atoms with Gasteiger partial charge in [0.05, 0.1) is 29.7 Å². The average molecular weight is 386 g/mol. The molecule has 0 saturated carbocycles. The fraction of sp³-hybridized carbons (Fsp3) is 0.368. The molecule has 7 nitrogen and oxygen atoms in total. The molecule has 0 spiro atoms. The molecular formula is C19H22N4O3S. The van der Waals surface area contributed by atoms with Crippen molar-refractivity contribution >= 4 is 33.4 Å². The Labute approximate surface area is 161 Å². The number of hydrogen-bond acceptors (Lipinski definition) is 6. The lowest BCUT2D eigenvalue weighted by atomic mass is 10.2. The molecule has 0 fully saturated rings. The van der Waals surface area contributed by atoms with Gasteiger partial charge in [-0.3, -0.25) is 4.79 Å². The number of carbonyl (C=O) groups is 2. The molecule has 1 N–H and O–H groups in total. The summed E-state index contributed by atoms with van der Waals surface area (Å²) in [7, 11) is 0. The van der Waals surface area contributed by atoms with Crippen molar-refractivity contribution in [3.63, 3.8) is 0 Å². The smallest absolute Gasteiger partial charge is 0.330 e. The summed E-state index contributed by atoms with van der Waals surface area (Å²) >= 11 is 1.31. The van der Waals surface area contributed by atoms with Gasteiger partial charge in [0.15, 0.2) is 5.01 Å². The van der Waals surface area contributed by atoms with Crippen molar-refractivity contribution in [1.82, 2.24) is 19.9 Å². The van der Waals surface area contributed by atoms with Crippen LogP contribution in [-0.4, -0.2) is 39.1 Å². The highest BCUT2D eigenvalue weighted by atomic mass is 32.1. The van der Waals surface area contributed by atoms with Gasteiger partial charge in [-0.15, -0.1) is 11.3 Å². The molecule has 3 rings (SSSR count). The number of nitrogens with one attached hydrogen (secondary N) is 1. The second-order valence-corrected chi connectivity index (χ2v) is 7.83. The first-order chi connectivity index (χ1) is 12.9. The fourth-order valence-electron chi connectivity index (χ4n) is 2.48. The van der Waals surface area contributed by atoms with Crippen LogP contribution in [-0.2, 0) is 16.1 Å². The molecule has 0 aliphatic rings. The highest BCUT2D eigenvalue weighted by Crippen LogP contribution is 2.23. The Bertz CT molecular complexity index is 934. The molecule has 0 aliphatic heterocycles. The third-order valence-electron chi connectivity index (χ3n) is 3.84. The van der Waals surface area contributed by atoms with E-state index in [0.29, 0.717) is 11.6 Å². The van der Waals surface area contributed by atoms with Crippen LogP contribution in [0.2, 0.25) is 0 Å². The number of aromatic nitrogens is 3. The Morgan fingerprint density at radius 3 is 2.85 bits per heavy atom. The summed E-state index contributed by atoms with van der Waals surface area (Å²) in [6.07, 6.45) is 4.94. The van der Waals surface area contributed by atoms with Gasteiger partial charge in [0, 0.05) is 12.4 Å². The van der Waals surface area contributed by atoms with Gasteiger partial charge in [0.1, 0.15) is 6.04 Å². The predicted octanol–water partition coefficient (Wildman–Crippen LogP) is 2.80. The zero-order valence-corrected chi connectivity index (χ0v) is 16.3. The number of ether oxygens (including phenoxy) is 1. The molecule has 142 valence electrons. The van der Waals surface area contributed by atoms with Gasteiger partial charge in [-0.1, -0.05) is 19.9 Å². The van der Waals surface area contributed by atoms with Crippen molar-refractivity contribution in [3.05, 3.63) is 47.5 Å². The molecule has 2 aromatic heterocycles. The van der Waals surface area contributed by atoms with E-state index in [9.17, 15) is 9.59 Å². The monoisotopic (exact) mass is 386 g/mol. The largest absolute Gasteiger partial charge is 0.464 e. The van der Waals surface area contributed by atoms with E-state index >= 15 is 0 Å². The summed E-state index contributed by atoms with van der Waals surface area (Å²) in [5, 5.41) is 3.08. The van der Waals surface area contributed by atoms with Crippen molar-refractivity contribution in [3.8, 4) is 0 Å². The van der Waals surface area contributed by atoms with Crippen molar-refractivity contribution in [1.29, 1.82) is 0 Å². The molecule has 0 radical (unpaired) electrons. The van der Waals surface area contributed by atoms with E-state index in [1.807, 2.05) is 39.0 Å². The first kappa shape index (κ1) is 19.0. The maximum absolute atomic E-state index is 12.7. The van der Waals surface area contributed by atoms with Gasteiger partial charge in [0.25, 0.3) is 5.91 Å². The number of fused-ring (bicyclic) bond motifs is 1. The molecule has 1 aromatic carbocycles. The van der Waals surface area contributed by atoms with Gasteiger partial charge in [-0.05, 0) is 30.5 Å². The summed E-state index contributed by atoms with van der Waals surface area (Å²) in [4.78, 5) is 33.5. The molecule has 2 heterocycles. The van der Waals surface area contributed by atoms with E-state index in [0.717, 1.165) is 15.8 Å². The minimum absolute atomic E-state index is 0.214. The van der Waals surface area contributed by atoms with Crippen LogP contribution in [0, 0.1) is 12.8 Å². The average Bonchev–Trinajstić information content (AvgIpc) is 3.27. The number of imidazole rings is 1. The molecule has 0 bridgehead atoms. The molecule has 0 aliphatic carbocycles. The molecule has 0 saturated heterocycles. The van der Waals surface area contributed by atoms with E-state index < -0.39 is 12.0 Å². The fourth-order valence-corrected chi connectivity index (χ4v) is 3.45. The molecular weight excluding hydrogens is 364 g/mol. The zero-order chi connectivity index (χ0) is 19.4. The van der Waals surface area contributed by atoms with E-state index in [1.54, 1.807) is 23.3 Å². The lowest BCUT2D eigenvalue weighted by Crippen LogP contribution is -2.44. The SMILES string of the molecule is Cc1ccc2nc(C(=O)N[C@@H](Cn3ccnc3)C(=O)OCC(C)C)sc2c1. The Kier molecular flexibility index (Phi) is 5.85. The molecule has 8 heteroatoms.